The number of hydrogen-bond donors (Lipinski definition) is 1. The maximum absolute atomic E-state index is 11.8. The van der Waals surface area contributed by atoms with Gasteiger partial charge in [-0.25, -0.2) is 4.79 Å². The Morgan fingerprint density at radius 1 is 1.44 bits per heavy atom. The van der Waals surface area contributed by atoms with Gasteiger partial charge in [-0.3, -0.25) is 4.79 Å². The molecule has 1 aliphatic carbocycles. The van der Waals surface area contributed by atoms with E-state index < -0.39 is 17.5 Å². The number of methoxy groups -OCH3 is 1. The maximum Gasteiger partial charge on any atom is 0.338 e. The summed E-state index contributed by atoms with van der Waals surface area (Å²) in [6.07, 6.45) is 3.08. The van der Waals surface area contributed by atoms with E-state index in [4.69, 9.17) is 4.74 Å². The minimum absolute atomic E-state index is 0.0662. The van der Waals surface area contributed by atoms with Crippen molar-refractivity contribution >= 4 is 11.8 Å². The Morgan fingerprint density at radius 3 is 2.67 bits per heavy atom. The van der Waals surface area contributed by atoms with Crippen molar-refractivity contribution < 1.29 is 24.2 Å². The molecule has 0 unspecified atom stereocenters. The molecule has 1 aliphatic heterocycles. The Balaban J connectivity index is 2.27. The fourth-order valence-electron chi connectivity index (χ4n) is 2.80. The number of aliphatic hydroxyl groups is 1. The summed E-state index contributed by atoms with van der Waals surface area (Å²) in [5.41, 5.74) is -1.60. The molecule has 0 amide bonds. The van der Waals surface area contributed by atoms with Crippen LogP contribution in [0.15, 0.2) is 12.2 Å². The number of ketones is 1. The van der Waals surface area contributed by atoms with E-state index >= 15 is 0 Å². The number of ether oxygens (including phenoxy) is 2. The van der Waals surface area contributed by atoms with E-state index in [9.17, 15) is 14.7 Å². The first kappa shape index (κ1) is 13.2. The summed E-state index contributed by atoms with van der Waals surface area (Å²) in [5.74, 6) is -1.21. The predicted molar refractivity (Wildman–Crippen MR) is 62.7 cm³/mol. The van der Waals surface area contributed by atoms with Gasteiger partial charge in [-0.15, -0.1) is 0 Å². The normalized spacial score (nSPS) is 42.4. The van der Waals surface area contributed by atoms with Crippen molar-refractivity contribution in [1.82, 2.24) is 0 Å². The minimum atomic E-state index is -1.60. The van der Waals surface area contributed by atoms with Crippen LogP contribution in [-0.2, 0) is 19.1 Å². The molecule has 0 radical (unpaired) electrons. The fraction of sp³-hybridized carbons (Fsp3) is 0.692. The third kappa shape index (κ3) is 2.08. The third-order valence-electron chi connectivity index (χ3n) is 3.74. The van der Waals surface area contributed by atoms with E-state index in [-0.39, 0.29) is 30.3 Å². The molecular formula is C13H18O5. The summed E-state index contributed by atoms with van der Waals surface area (Å²) in [7, 11) is 1.25. The lowest BCUT2D eigenvalue weighted by Gasteiger charge is -2.36. The van der Waals surface area contributed by atoms with Crippen molar-refractivity contribution in [3.8, 4) is 0 Å². The number of rotatable bonds is 3. The Labute approximate surface area is 106 Å². The fourth-order valence-corrected chi connectivity index (χ4v) is 2.80. The zero-order valence-corrected chi connectivity index (χ0v) is 10.8. The molecule has 0 aromatic carbocycles. The van der Waals surface area contributed by atoms with Crippen LogP contribution in [-0.4, -0.2) is 41.8 Å². The minimum Gasteiger partial charge on any atom is -0.467 e. The average Bonchev–Trinajstić information content (AvgIpc) is 3.07. The summed E-state index contributed by atoms with van der Waals surface area (Å²) in [6.45, 7) is 3.36. The molecule has 0 bridgehead atoms. The van der Waals surface area contributed by atoms with Crippen LogP contribution in [0.3, 0.4) is 0 Å². The van der Waals surface area contributed by atoms with Gasteiger partial charge in [0.05, 0.1) is 19.3 Å². The first-order valence-electron chi connectivity index (χ1n) is 6.05. The number of epoxide rings is 1. The van der Waals surface area contributed by atoms with Gasteiger partial charge < -0.3 is 14.6 Å². The molecule has 0 spiro atoms. The molecule has 2 fully saturated rings. The number of hydrogen-bond acceptors (Lipinski definition) is 5. The van der Waals surface area contributed by atoms with Gasteiger partial charge in [0.2, 0.25) is 0 Å². The zero-order chi connectivity index (χ0) is 13.5. The van der Waals surface area contributed by atoms with Crippen molar-refractivity contribution in [2.75, 3.05) is 7.11 Å². The molecule has 5 atom stereocenters. The Hall–Kier alpha value is -1.20. The van der Waals surface area contributed by atoms with Gasteiger partial charge in [0.1, 0.15) is 0 Å². The van der Waals surface area contributed by atoms with E-state index in [1.165, 1.54) is 20.1 Å². The van der Waals surface area contributed by atoms with E-state index in [0.717, 1.165) is 0 Å². The highest BCUT2D eigenvalue weighted by Crippen LogP contribution is 2.49. The Bertz CT molecular complexity index is 402. The summed E-state index contributed by atoms with van der Waals surface area (Å²) in [6, 6.07) is 0. The number of carbonyl (C=O) groups excluding carboxylic acids is 2. The second-order valence-corrected chi connectivity index (χ2v) is 5.16. The van der Waals surface area contributed by atoms with Crippen molar-refractivity contribution in [2.45, 2.75) is 38.1 Å². The first-order valence-corrected chi connectivity index (χ1v) is 6.05. The number of carbonyl (C=O) groups is 2. The molecule has 1 N–H and O–H groups in total. The van der Waals surface area contributed by atoms with E-state index in [1.807, 2.05) is 6.92 Å². The quantitative estimate of drug-likeness (QED) is 0.450. The van der Waals surface area contributed by atoms with Crippen LogP contribution >= 0.6 is 0 Å². The molecule has 1 heterocycles. The summed E-state index contributed by atoms with van der Waals surface area (Å²) in [4.78, 5) is 22.8. The van der Waals surface area contributed by atoms with Gasteiger partial charge >= 0.3 is 5.97 Å². The smallest absolute Gasteiger partial charge is 0.338 e. The SMILES string of the molecule is COC(=O)[C@@]1(O)C[C@@H](C)[C@@H]2O[C@@H]2[C@H]1/C=C/C(C)=O. The lowest BCUT2D eigenvalue weighted by molar-refractivity contribution is -0.171. The van der Waals surface area contributed by atoms with Crippen molar-refractivity contribution in [3.05, 3.63) is 12.2 Å². The molecular weight excluding hydrogens is 236 g/mol. The van der Waals surface area contributed by atoms with Gasteiger partial charge in [-0.05, 0) is 25.3 Å². The molecule has 5 nitrogen and oxygen atoms in total. The van der Waals surface area contributed by atoms with Crippen LogP contribution in [0.1, 0.15) is 20.3 Å². The van der Waals surface area contributed by atoms with Gasteiger partial charge in [0.25, 0.3) is 0 Å². The van der Waals surface area contributed by atoms with Crippen LogP contribution in [0.5, 0.6) is 0 Å². The molecule has 1 saturated carbocycles. The third-order valence-corrected chi connectivity index (χ3v) is 3.74. The van der Waals surface area contributed by atoms with Gasteiger partial charge in [-0.1, -0.05) is 13.0 Å². The Morgan fingerprint density at radius 2 is 2.11 bits per heavy atom. The van der Waals surface area contributed by atoms with Gasteiger partial charge in [0.15, 0.2) is 11.4 Å². The van der Waals surface area contributed by atoms with E-state index in [1.54, 1.807) is 6.08 Å². The highest BCUT2D eigenvalue weighted by Gasteiger charge is 2.63. The highest BCUT2D eigenvalue weighted by molar-refractivity contribution is 5.87. The number of esters is 1. The average molecular weight is 254 g/mol. The molecule has 2 aliphatic rings. The molecule has 2 rings (SSSR count). The Kier molecular flexibility index (Phi) is 3.29. The number of allylic oxidation sites excluding steroid dienone is 1. The van der Waals surface area contributed by atoms with Gasteiger partial charge in [-0.2, -0.15) is 0 Å². The molecule has 0 aromatic heterocycles. The lowest BCUT2D eigenvalue weighted by Crippen LogP contribution is -2.53. The van der Waals surface area contributed by atoms with E-state index in [2.05, 4.69) is 4.74 Å². The summed E-state index contributed by atoms with van der Waals surface area (Å²) in [5, 5.41) is 10.6. The summed E-state index contributed by atoms with van der Waals surface area (Å²) < 4.78 is 10.2. The molecule has 100 valence electrons. The zero-order valence-electron chi connectivity index (χ0n) is 10.8. The van der Waals surface area contributed by atoms with Crippen molar-refractivity contribution in [3.63, 3.8) is 0 Å². The van der Waals surface area contributed by atoms with Crippen LogP contribution < -0.4 is 0 Å². The van der Waals surface area contributed by atoms with Crippen LogP contribution in [0, 0.1) is 11.8 Å². The van der Waals surface area contributed by atoms with Crippen LogP contribution in [0.4, 0.5) is 0 Å². The lowest BCUT2D eigenvalue weighted by atomic mass is 9.71. The molecule has 0 aromatic rings. The maximum atomic E-state index is 11.8. The number of fused-ring (bicyclic) bond motifs is 1. The molecule has 1 saturated heterocycles. The predicted octanol–water partition coefficient (Wildman–Crippen LogP) is 0.459. The van der Waals surface area contributed by atoms with Crippen molar-refractivity contribution in [2.24, 2.45) is 11.8 Å². The molecule has 18 heavy (non-hydrogen) atoms. The second kappa shape index (κ2) is 4.48. The summed E-state index contributed by atoms with van der Waals surface area (Å²) >= 11 is 0. The largest absolute Gasteiger partial charge is 0.467 e. The highest BCUT2D eigenvalue weighted by atomic mass is 16.6. The topological polar surface area (TPSA) is 76.1 Å². The molecule has 5 heteroatoms. The van der Waals surface area contributed by atoms with E-state index in [0.29, 0.717) is 0 Å². The monoisotopic (exact) mass is 254 g/mol. The van der Waals surface area contributed by atoms with Crippen LogP contribution in [0.2, 0.25) is 0 Å². The van der Waals surface area contributed by atoms with Gasteiger partial charge in [0, 0.05) is 5.92 Å². The standard InChI is InChI=1S/C13H18O5/c1-7-6-13(16,12(15)17-3)9(5-4-8(2)14)11-10(7)18-11/h4-5,7,9-11,16H,6H2,1-3H3/b5-4+/t7-,9-,10+,11-,13-/m1/s1. The second-order valence-electron chi connectivity index (χ2n) is 5.16. The van der Waals surface area contributed by atoms with Crippen LogP contribution in [0.25, 0.3) is 0 Å². The van der Waals surface area contributed by atoms with Crippen molar-refractivity contribution in [1.29, 1.82) is 0 Å². The first-order chi connectivity index (χ1) is 8.40.